The molecule has 11 nitrogen and oxygen atoms in total. The number of methoxy groups -OCH3 is 1. The van der Waals surface area contributed by atoms with Gasteiger partial charge in [-0.1, -0.05) is 6.07 Å². The van der Waals surface area contributed by atoms with E-state index in [1.54, 1.807) is 27.4 Å². The zero-order chi connectivity index (χ0) is 26.0. The predicted octanol–water partition coefficient (Wildman–Crippen LogP) is 1.94. The molecule has 0 bridgehead atoms. The standard InChI is InChI=1S/C25H30N8O3S/c1-31(2)37(34,35)33-10-8-32(9-11-33)16-18-6-7-27-20(12-18)14-24-29-21-5-4-19(13-22(21)30-24)25-23(36-3)15-26-17-28-25/h4-7,12-13,15,17H,8-11,14,16H2,1-3H3,(H,29,30). The Morgan fingerprint density at radius 3 is 2.65 bits per heavy atom. The second-order valence-corrected chi connectivity index (χ2v) is 11.3. The van der Waals surface area contributed by atoms with Crippen LogP contribution in [0.3, 0.4) is 0 Å². The van der Waals surface area contributed by atoms with Crippen molar-refractivity contribution < 1.29 is 13.2 Å². The lowest BCUT2D eigenvalue weighted by Crippen LogP contribution is -2.51. The summed E-state index contributed by atoms with van der Waals surface area (Å²) in [5, 5.41) is 0. The van der Waals surface area contributed by atoms with Gasteiger partial charge in [-0.2, -0.15) is 17.0 Å². The third-order valence-electron chi connectivity index (χ3n) is 6.46. The van der Waals surface area contributed by atoms with E-state index in [4.69, 9.17) is 9.72 Å². The Hall–Kier alpha value is -3.45. The van der Waals surface area contributed by atoms with Crippen molar-refractivity contribution in [3.8, 4) is 17.0 Å². The van der Waals surface area contributed by atoms with Gasteiger partial charge in [-0.25, -0.2) is 15.0 Å². The Bertz CT molecular complexity index is 1500. The van der Waals surface area contributed by atoms with Crippen LogP contribution < -0.4 is 4.74 Å². The van der Waals surface area contributed by atoms with Gasteiger partial charge >= 0.3 is 0 Å². The number of aromatic amines is 1. The molecule has 1 aliphatic heterocycles. The van der Waals surface area contributed by atoms with Crippen LogP contribution in [-0.2, 0) is 23.2 Å². The van der Waals surface area contributed by atoms with Crippen LogP contribution in [0.4, 0.5) is 0 Å². The highest BCUT2D eigenvalue weighted by Crippen LogP contribution is 2.28. The average Bonchev–Trinajstić information content (AvgIpc) is 3.30. The first-order valence-electron chi connectivity index (χ1n) is 12.0. The van der Waals surface area contributed by atoms with Crippen molar-refractivity contribution in [3.63, 3.8) is 0 Å². The lowest BCUT2D eigenvalue weighted by Gasteiger charge is -2.35. The van der Waals surface area contributed by atoms with Gasteiger partial charge in [0.2, 0.25) is 0 Å². The first-order chi connectivity index (χ1) is 17.8. The number of hydrogen-bond donors (Lipinski definition) is 1. The summed E-state index contributed by atoms with van der Waals surface area (Å²) in [5.41, 5.74) is 5.49. The number of H-pyrrole nitrogens is 1. The summed E-state index contributed by atoms with van der Waals surface area (Å²) >= 11 is 0. The van der Waals surface area contributed by atoms with Gasteiger partial charge in [0.1, 0.15) is 17.8 Å². The van der Waals surface area contributed by atoms with Crippen molar-refractivity contribution in [1.29, 1.82) is 0 Å². The molecule has 5 rings (SSSR count). The number of piperazine rings is 1. The zero-order valence-corrected chi connectivity index (χ0v) is 21.9. The number of nitrogens with one attached hydrogen (secondary N) is 1. The second-order valence-electron chi connectivity index (χ2n) is 9.15. The van der Waals surface area contributed by atoms with E-state index in [0.29, 0.717) is 38.3 Å². The van der Waals surface area contributed by atoms with Gasteiger partial charge in [0.15, 0.2) is 5.75 Å². The maximum Gasteiger partial charge on any atom is 0.281 e. The topological polar surface area (TPSA) is 120 Å². The van der Waals surface area contributed by atoms with Crippen LogP contribution in [0.25, 0.3) is 22.3 Å². The Morgan fingerprint density at radius 2 is 1.89 bits per heavy atom. The van der Waals surface area contributed by atoms with E-state index in [1.807, 2.05) is 30.5 Å². The van der Waals surface area contributed by atoms with Crippen molar-refractivity contribution in [1.82, 2.24) is 38.4 Å². The molecule has 0 unspecified atom stereocenters. The largest absolute Gasteiger partial charge is 0.493 e. The molecule has 3 aromatic heterocycles. The molecular formula is C25H30N8O3S. The lowest BCUT2D eigenvalue weighted by molar-refractivity contribution is 0.177. The van der Waals surface area contributed by atoms with E-state index >= 15 is 0 Å². The molecule has 1 fully saturated rings. The van der Waals surface area contributed by atoms with E-state index in [9.17, 15) is 8.42 Å². The van der Waals surface area contributed by atoms with E-state index in [1.165, 1.54) is 14.9 Å². The van der Waals surface area contributed by atoms with E-state index in [-0.39, 0.29) is 0 Å². The number of fused-ring (bicyclic) bond motifs is 1. The molecule has 1 N–H and O–H groups in total. The molecule has 12 heteroatoms. The summed E-state index contributed by atoms with van der Waals surface area (Å²) in [7, 11) is 1.37. The molecular weight excluding hydrogens is 492 g/mol. The second kappa shape index (κ2) is 10.5. The summed E-state index contributed by atoms with van der Waals surface area (Å²) < 4.78 is 32.9. The molecule has 1 aliphatic rings. The van der Waals surface area contributed by atoms with Gasteiger partial charge in [-0.05, 0) is 29.8 Å². The SMILES string of the molecule is COc1cncnc1-c1ccc2nc(Cc3cc(CN4CCN(S(=O)(=O)N(C)C)CC4)ccn3)[nH]c2c1. The van der Waals surface area contributed by atoms with Crippen LogP contribution in [-0.4, -0.2) is 94.2 Å². The molecule has 0 saturated carbocycles. The molecule has 0 aliphatic carbocycles. The minimum Gasteiger partial charge on any atom is -0.493 e. The van der Waals surface area contributed by atoms with E-state index in [2.05, 4.69) is 30.9 Å². The van der Waals surface area contributed by atoms with Crippen molar-refractivity contribution in [2.45, 2.75) is 13.0 Å². The normalized spacial score (nSPS) is 15.5. The molecule has 1 aromatic carbocycles. The van der Waals surface area contributed by atoms with Crippen LogP contribution in [0.2, 0.25) is 0 Å². The van der Waals surface area contributed by atoms with E-state index in [0.717, 1.165) is 45.9 Å². The summed E-state index contributed by atoms with van der Waals surface area (Å²) in [6, 6.07) is 10.0. The lowest BCUT2D eigenvalue weighted by atomic mass is 10.1. The molecule has 194 valence electrons. The molecule has 37 heavy (non-hydrogen) atoms. The summed E-state index contributed by atoms with van der Waals surface area (Å²) in [4.78, 5) is 23.3. The van der Waals surface area contributed by atoms with Crippen LogP contribution >= 0.6 is 0 Å². The predicted molar refractivity (Wildman–Crippen MR) is 140 cm³/mol. The highest BCUT2D eigenvalue weighted by atomic mass is 32.2. The number of nitrogens with zero attached hydrogens (tertiary/aromatic N) is 7. The number of hydrogen-bond acceptors (Lipinski definition) is 8. The van der Waals surface area contributed by atoms with Crippen molar-refractivity contribution in [2.75, 3.05) is 47.4 Å². The van der Waals surface area contributed by atoms with Gasteiger partial charge in [-0.15, -0.1) is 0 Å². The van der Waals surface area contributed by atoms with Gasteiger partial charge in [0.05, 0.1) is 24.3 Å². The zero-order valence-electron chi connectivity index (χ0n) is 21.1. The fourth-order valence-corrected chi connectivity index (χ4v) is 5.57. The van der Waals surface area contributed by atoms with Gasteiger partial charge in [0.25, 0.3) is 10.2 Å². The third kappa shape index (κ3) is 5.47. The first kappa shape index (κ1) is 25.2. The van der Waals surface area contributed by atoms with Gasteiger partial charge in [0, 0.05) is 70.7 Å². The highest BCUT2D eigenvalue weighted by molar-refractivity contribution is 7.86. The average molecular weight is 523 g/mol. The van der Waals surface area contributed by atoms with Crippen molar-refractivity contribution >= 4 is 21.2 Å². The monoisotopic (exact) mass is 522 g/mol. The van der Waals surface area contributed by atoms with Gasteiger partial charge in [-0.3, -0.25) is 9.88 Å². The van der Waals surface area contributed by atoms with Crippen LogP contribution in [0, 0.1) is 0 Å². The quantitative estimate of drug-likeness (QED) is 0.373. The van der Waals surface area contributed by atoms with Crippen LogP contribution in [0.1, 0.15) is 17.1 Å². The smallest absolute Gasteiger partial charge is 0.281 e. The molecule has 0 atom stereocenters. The summed E-state index contributed by atoms with van der Waals surface area (Å²) in [5.74, 6) is 1.44. The molecule has 4 heterocycles. The molecule has 0 amide bonds. The Balaban J connectivity index is 1.26. The third-order valence-corrected chi connectivity index (χ3v) is 8.40. The number of benzene rings is 1. The summed E-state index contributed by atoms with van der Waals surface area (Å²) in [6.07, 6.45) is 5.54. The van der Waals surface area contributed by atoms with Crippen LogP contribution in [0.5, 0.6) is 5.75 Å². The molecule has 0 radical (unpaired) electrons. The number of imidazole rings is 1. The highest BCUT2D eigenvalue weighted by Gasteiger charge is 2.28. The van der Waals surface area contributed by atoms with Gasteiger partial charge < -0.3 is 9.72 Å². The Labute approximate surface area is 216 Å². The van der Waals surface area contributed by atoms with Crippen molar-refractivity contribution in [2.24, 2.45) is 0 Å². The maximum absolute atomic E-state index is 12.4. The number of pyridine rings is 1. The van der Waals surface area contributed by atoms with Crippen molar-refractivity contribution in [3.05, 3.63) is 66.1 Å². The Kier molecular flexibility index (Phi) is 7.15. The molecule has 1 saturated heterocycles. The number of aromatic nitrogens is 5. The fourth-order valence-electron chi connectivity index (χ4n) is 4.48. The van der Waals surface area contributed by atoms with Crippen LogP contribution in [0.15, 0.2) is 49.1 Å². The fraction of sp³-hybridized carbons (Fsp3) is 0.360. The minimum atomic E-state index is -3.36. The molecule has 0 spiro atoms. The Morgan fingerprint density at radius 1 is 1.08 bits per heavy atom. The molecule has 4 aromatic rings. The first-order valence-corrected chi connectivity index (χ1v) is 13.4. The summed E-state index contributed by atoms with van der Waals surface area (Å²) in [6.45, 7) is 3.10. The maximum atomic E-state index is 12.4. The minimum absolute atomic E-state index is 0.486. The van der Waals surface area contributed by atoms with E-state index < -0.39 is 10.2 Å². The number of ether oxygens (including phenoxy) is 1. The number of rotatable bonds is 8.